The van der Waals surface area contributed by atoms with Gasteiger partial charge in [0, 0.05) is 24.1 Å². The number of fused-ring (bicyclic) bond motifs is 1. The molecule has 2 aliphatic rings. The molecule has 1 aliphatic carbocycles. The number of hydrogen-bond donors (Lipinski definition) is 1. The summed E-state index contributed by atoms with van der Waals surface area (Å²) in [6.07, 6.45) is 1.79. The molecule has 1 amide bonds. The Morgan fingerprint density at radius 3 is 2.63 bits per heavy atom. The summed E-state index contributed by atoms with van der Waals surface area (Å²) < 4.78 is 16.8. The minimum atomic E-state index is -1.04. The van der Waals surface area contributed by atoms with Crippen LogP contribution in [0, 0.1) is 24.7 Å². The second-order valence-electron chi connectivity index (χ2n) is 9.18. The molecule has 0 aromatic heterocycles. The van der Waals surface area contributed by atoms with Crippen LogP contribution in [0.2, 0.25) is 0 Å². The number of hydrogen-bond acceptors (Lipinski definition) is 5. The normalized spacial score (nSPS) is 23.0. The molecular weight excluding hydrogens is 446 g/mol. The molecule has 1 aliphatic heterocycles. The highest BCUT2D eigenvalue weighted by molar-refractivity contribution is 5.74. The maximum absolute atomic E-state index is 13.2. The second-order valence-corrected chi connectivity index (χ2v) is 9.18. The van der Waals surface area contributed by atoms with Crippen LogP contribution in [0.1, 0.15) is 42.4 Å². The number of ether oxygens (including phenoxy) is 3. The first-order valence-electron chi connectivity index (χ1n) is 11.9. The number of aryl methyl sites for hydroxylation is 1. The molecule has 35 heavy (non-hydrogen) atoms. The summed E-state index contributed by atoms with van der Waals surface area (Å²) in [6, 6.07) is 13.0. The minimum Gasteiger partial charge on any atom is -0.493 e. The molecule has 0 radical (unpaired) electrons. The van der Waals surface area contributed by atoms with Gasteiger partial charge >= 0.3 is 12.1 Å². The van der Waals surface area contributed by atoms with E-state index in [0.29, 0.717) is 30.9 Å². The smallest absolute Gasteiger partial charge is 0.407 e. The third kappa shape index (κ3) is 5.22. The van der Waals surface area contributed by atoms with E-state index >= 15 is 0 Å². The largest absolute Gasteiger partial charge is 0.493 e. The van der Waals surface area contributed by atoms with Gasteiger partial charge < -0.3 is 24.2 Å². The lowest BCUT2D eigenvalue weighted by atomic mass is 9.72. The fraction of sp³-hybridized carbons (Fsp3) is 0.429. The van der Waals surface area contributed by atoms with Crippen molar-refractivity contribution in [1.82, 2.24) is 4.90 Å². The number of nitrogens with zero attached hydrogens (tertiary/aromatic N) is 1. The molecule has 1 N–H and O–H groups in total. The van der Waals surface area contributed by atoms with Crippen molar-refractivity contribution in [2.24, 2.45) is 5.92 Å². The molecule has 1 saturated carbocycles. The summed E-state index contributed by atoms with van der Waals surface area (Å²) in [5, 5.41) is 9.69. The van der Waals surface area contributed by atoms with Crippen molar-refractivity contribution in [3.8, 4) is 23.3 Å². The van der Waals surface area contributed by atoms with E-state index in [9.17, 15) is 14.7 Å². The van der Waals surface area contributed by atoms with Gasteiger partial charge in [-0.25, -0.2) is 4.79 Å². The van der Waals surface area contributed by atoms with Crippen molar-refractivity contribution in [3.05, 3.63) is 59.2 Å². The van der Waals surface area contributed by atoms with Gasteiger partial charge in [0.25, 0.3) is 0 Å². The van der Waals surface area contributed by atoms with Crippen molar-refractivity contribution in [3.63, 3.8) is 0 Å². The monoisotopic (exact) mass is 477 g/mol. The summed E-state index contributed by atoms with van der Waals surface area (Å²) >= 11 is 0. The van der Waals surface area contributed by atoms with Gasteiger partial charge in [-0.1, -0.05) is 24.1 Å². The first kappa shape index (κ1) is 24.5. The van der Waals surface area contributed by atoms with E-state index < -0.39 is 17.7 Å². The van der Waals surface area contributed by atoms with E-state index in [0.717, 1.165) is 29.5 Å². The third-order valence-electron chi connectivity index (χ3n) is 6.97. The van der Waals surface area contributed by atoms with Gasteiger partial charge in [0.05, 0.1) is 20.6 Å². The number of amides is 1. The average molecular weight is 478 g/mol. The van der Waals surface area contributed by atoms with Crippen LogP contribution in [-0.4, -0.2) is 54.5 Å². The zero-order valence-electron chi connectivity index (χ0n) is 20.4. The van der Waals surface area contributed by atoms with Crippen molar-refractivity contribution >= 4 is 12.1 Å². The fourth-order valence-electron chi connectivity index (χ4n) is 5.36. The van der Waals surface area contributed by atoms with Crippen LogP contribution in [0.15, 0.2) is 42.5 Å². The molecule has 7 heteroatoms. The van der Waals surface area contributed by atoms with E-state index in [1.807, 2.05) is 31.2 Å². The molecule has 2 aromatic rings. The van der Waals surface area contributed by atoms with E-state index in [2.05, 4.69) is 11.8 Å². The lowest BCUT2D eigenvalue weighted by molar-refractivity contribution is -0.161. The summed E-state index contributed by atoms with van der Waals surface area (Å²) in [5.74, 6) is 7.09. The molecule has 0 spiro atoms. The Morgan fingerprint density at radius 1 is 1.11 bits per heavy atom. The number of carboxylic acid groups (broad SMARTS) is 1. The quantitative estimate of drug-likeness (QED) is 0.506. The predicted octanol–water partition coefficient (Wildman–Crippen LogP) is 4.44. The van der Waals surface area contributed by atoms with Crippen LogP contribution in [0.5, 0.6) is 11.5 Å². The van der Waals surface area contributed by atoms with Gasteiger partial charge in [-0.2, -0.15) is 0 Å². The Labute approximate surface area is 206 Å². The zero-order chi connectivity index (χ0) is 25.0. The van der Waals surface area contributed by atoms with Crippen LogP contribution in [0.4, 0.5) is 4.79 Å². The van der Waals surface area contributed by atoms with Gasteiger partial charge in [-0.05, 0) is 73.9 Å². The summed E-state index contributed by atoms with van der Waals surface area (Å²) in [5.41, 5.74) is 1.64. The average Bonchev–Trinajstić information content (AvgIpc) is 3.29. The molecule has 1 saturated heterocycles. The molecule has 2 aromatic carbocycles. The topological polar surface area (TPSA) is 85.3 Å². The summed E-state index contributed by atoms with van der Waals surface area (Å²) in [4.78, 5) is 26.5. The van der Waals surface area contributed by atoms with E-state index in [1.54, 1.807) is 32.4 Å². The Morgan fingerprint density at radius 2 is 1.91 bits per heavy atom. The van der Waals surface area contributed by atoms with Gasteiger partial charge in [0.2, 0.25) is 0 Å². The molecular formula is C28H31NO6. The Kier molecular flexibility index (Phi) is 7.20. The highest BCUT2D eigenvalue weighted by atomic mass is 16.6. The molecule has 7 nitrogen and oxygen atoms in total. The van der Waals surface area contributed by atoms with Gasteiger partial charge in [0.15, 0.2) is 17.1 Å². The Balaban J connectivity index is 1.64. The maximum atomic E-state index is 13.2. The molecule has 1 heterocycles. The minimum absolute atomic E-state index is 0.0499. The maximum Gasteiger partial charge on any atom is 0.407 e. The van der Waals surface area contributed by atoms with Crippen LogP contribution in [-0.2, 0) is 16.0 Å². The number of methoxy groups -OCH3 is 2. The summed E-state index contributed by atoms with van der Waals surface area (Å²) in [7, 11) is 3.11. The van der Waals surface area contributed by atoms with Gasteiger partial charge in [0.1, 0.15) is 0 Å². The van der Waals surface area contributed by atoms with E-state index in [1.165, 1.54) is 4.90 Å². The van der Waals surface area contributed by atoms with Crippen molar-refractivity contribution in [1.29, 1.82) is 0 Å². The van der Waals surface area contributed by atoms with Crippen LogP contribution in [0.3, 0.4) is 0 Å². The lowest BCUT2D eigenvalue weighted by Gasteiger charge is -2.42. The van der Waals surface area contributed by atoms with Crippen LogP contribution in [0.25, 0.3) is 0 Å². The lowest BCUT2D eigenvalue weighted by Crippen LogP contribution is -2.51. The SMILES string of the molecule is COc1ccc(CC(=O)OC2(C#Cc3cccc(C)c3)CCCC3C2CCN3C(=O)O)cc1OC. The van der Waals surface area contributed by atoms with Gasteiger partial charge in [-0.15, -0.1) is 0 Å². The molecule has 0 bridgehead atoms. The number of carbonyl (C=O) groups is 2. The Hall–Kier alpha value is -3.66. The van der Waals surface area contributed by atoms with Crippen molar-refractivity contribution in [2.45, 2.75) is 50.7 Å². The molecule has 2 fully saturated rings. The molecule has 184 valence electrons. The first-order valence-corrected chi connectivity index (χ1v) is 11.9. The number of benzene rings is 2. The predicted molar refractivity (Wildman–Crippen MR) is 131 cm³/mol. The molecule has 3 atom stereocenters. The first-order chi connectivity index (χ1) is 16.8. The fourth-order valence-corrected chi connectivity index (χ4v) is 5.36. The van der Waals surface area contributed by atoms with Crippen LogP contribution >= 0.6 is 0 Å². The van der Waals surface area contributed by atoms with Crippen molar-refractivity contribution < 1.29 is 28.9 Å². The highest BCUT2D eigenvalue weighted by Gasteiger charge is 2.53. The third-order valence-corrected chi connectivity index (χ3v) is 6.97. The second kappa shape index (κ2) is 10.3. The molecule has 4 rings (SSSR count). The Bertz CT molecular complexity index is 1170. The van der Waals surface area contributed by atoms with Crippen LogP contribution < -0.4 is 9.47 Å². The molecule has 3 unspecified atom stereocenters. The highest BCUT2D eigenvalue weighted by Crippen LogP contribution is 2.45. The van der Waals surface area contributed by atoms with E-state index in [4.69, 9.17) is 14.2 Å². The van der Waals surface area contributed by atoms with E-state index in [-0.39, 0.29) is 18.4 Å². The summed E-state index contributed by atoms with van der Waals surface area (Å²) in [6.45, 7) is 2.42. The zero-order valence-corrected chi connectivity index (χ0v) is 20.4. The standard InChI is InChI=1S/C28H31NO6/c1-19-6-4-7-20(16-19)11-14-28(13-5-8-23-22(28)12-15-29(23)27(31)32)35-26(30)18-21-9-10-24(33-2)25(17-21)34-3/h4,6-7,9-10,16-17,22-23H,5,8,12-13,15,18H2,1-3H3,(H,31,32). The van der Waals surface area contributed by atoms with Gasteiger partial charge in [-0.3, -0.25) is 4.79 Å². The number of likely N-dealkylation sites (tertiary alicyclic amines) is 1. The van der Waals surface area contributed by atoms with Crippen molar-refractivity contribution in [2.75, 3.05) is 20.8 Å². The number of esters is 1. The number of carbonyl (C=O) groups excluding carboxylic acids is 1. The number of rotatable bonds is 5.